The number of benzene rings is 1. The van der Waals surface area contributed by atoms with Gasteiger partial charge < -0.3 is 13.8 Å². The molecule has 122 valence electrons. The highest BCUT2D eigenvalue weighted by molar-refractivity contribution is 7.80. The van der Waals surface area contributed by atoms with Gasteiger partial charge in [0.05, 0.1) is 27.4 Å². The molecule has 1 atom stereocenters. The predicted molar refractivity (Wildman–Crippen MR) is 78.2 cm³/mol. The average Bonchev–Trinajstić information content (AvgIpc) is 2.49. The van der Waals surface area contributed by atoms with Gasteiger partial charge in [-0.3, -0.25) is 4.18 Å². The maximum atomic E-state index is 9.39. The molecule has 0 radical (unpaired) electrons. The van der Waals surface area contributed by atoms with Crippen LogP contribution in [0.1, 0.15) is 11.6 Å². The summed E-state index contributed by atoms with van der Waals surface area (Å²) in [5.41, 5.74) is 1.11. The molecule has 0 spiro atoms. The first-order valence-corrected chi connectivity index (χ1v) is 8.04. The molecule has 1 aliphatic rings. The lowest BCUT2D eigenvalue weighted by molar-refractivity contribution is -0.938. The SMILES string of the molecule is COS(=O)(=O)[O-].C[N+]1(C(C#N)c2ccccc2)CCOCC1. The summed E-state index contributed by atoms with van der Waals surface area (Å²) >= 11 is 0. The van der Waals surface area contributed by atoms with Crippen LogP contribution in [0.2, 0.25) is 0 Å². The molecule has 22 heavy (non-hydrogen) atoms. The summed E-state index contributed by atoms with van der Waals surface area (Å²) in [5.74, 6) is 0. The predicted octanol–water partition coefficient (Wildman–Crippen LogP) is 0.821. The van der Waals surface area contributed by atoms with Crippen molar-refractivity contribution < 1.29 is 26.4 Å². The van der Waals surface area contributed by atoms with Gasteiger partial charge in [0, 0.05) is 5.56 Å². The highest BCUT2D eigenvalue weighted by atomic mass is 32.3. The Morgan fingerprint density at radius 1 is 1.32 bits per heavy atom. The Bertz CT molecular complexity index is 591. The minimum Gasteiger partial charge on any atom is -0.726 e. The lowest BCUT2D eigenvalue weighted by Crippen LogP contribution is -2.53. The van der Waals surface area contributed by atoms with Gasteiger partial charge in [-0.05, 0) is 0 Å². The van der Waals surface area contributed by atoms with Crippen LogP contribution in [-0.4, -0.2) is 57.9 Å². The van der Waals surface area contributed by atoms with E-state index in [9.17, 15) is 18.2 Å². The van der Waals surface area contributed by atoms with E-state index in [2.05, 4.69) is 17.3 Å². The molecule has 1 aliphatic heterocycles. The first kappa shape index (κ1) is 18.5. The van der Waals surface area contributed by atoms with Crippen LogP contribution in [0.3, 0.4) is 0 Å². The van der Waals surface area contributed by atoms with E-state index in [4.69, 9.17) is 4.74 Å². The maximum absolute atomic E-state index is 9.39. The minimum absolute atomic E-state index is 0.0786. The third-order valence-electron chi connectivity index (χ3n) is 3.56. The van der Waals surface area contributed by atoms with Crippen molar-refractivity contribution in [1.29, 1.82) is 5.26 Å². The fourth-order valence-electron chi connectivity index (χ4n) is 2.23. The quantitative estimate of drug-likeness (QED) is 0.463. The Labute approximate surface area is 131 Å². The van der Waals surface area contributed by atoms with Gasteiger partial charge in [-0.1, -0.05) is 30.3 Å². The van der Waals surface area contributed by atoms with Crippen molar-refractivity contribution in [3.63, 3.8) is 0 Å². The molecule has 1 heterocycles. The van der Waals surface area contributed by atoms with Gasteiger partial charge in [-0.25, -0.2) is 8.42 Å². The van der Waals surface area contributed by atoms with Crippen LogP contribution in [0, 0.1) is 11.3 Å². The van der Waals surface area contributed by atoms with Gasteiger partial charge in [-0.2, -0.15) is 5.26 Å². The molecule has 0 amide bonds. The van der Waals surface area contributed by atoms with E-state index in [1.807, 2.05) is 30.3 Å². The third-order valence-corrected chi connectivity index (χ3v) is 3.97. The lowest BCUT2D eigenvalue weighted by Gasteiger charge is -2.40. The average molecular weight is 328 g/mol. The molecule has 0 bridgehead atoms. The number of ether oxygens (including phenoxy) is 1. The Morgan fingerprint density at radius 3 is 2.23 bits per heavy atom. The van der Waals surface area contributed by atoms with Gasteiger partial charge in [0.1, 0.15) is 19.2 Å². The fourth-order valence-corrected chi connectivity index (χ4v) is 2.23. The summed E-state index contributed by atoms with van der Waals surface area (Å²) in [4.78, 5) is 0. The molecule has 8 heteroatoms. The van der Waals surface area contributed by atoms with Gasteiger partial charge in [0.15, 0.2) is 0 Å². The Kier molecular flexibility index (Phi) is 6.93. The van der Waals surface area contributed by atoms with Crippen molar-refractivity contribution in [2.45, 2.75) is 6.04 Å². The minimum atomic E-state index is -4.41. The van der Waals surface area contributed by atoms with E-state index < -0.39 is 10.4 Å². The monoisotopic (exact) mass is 328 g/mol. The number of quaternary nitrogens is 1. The fraction of sp³-hybridized carbons (Fsp3) is 0.500. The Morgan fingerprint density at radius 2 is 1.82 bits per heavy atom. The topological polar surface area (TPSA) is 99.5 Å². The molecule has 0 N–H and O–H groups in total. The number of hydrogen-bond acceptors (Lipinski definition) is 6. The zero-order valence-corrected chi connectivity index (χ0v) is 13.5. The first-order chi connectivity index (χ1) is 10.3. The second-order valence-corrected chi connectivity index (χ2v) is 6.21. The van der Waals surface area contributed by atoms with Crippen LogP contribution in [0.5, 0.6) is 0 Å². The molecule has 1 fully saturated rings. The summed E-state index contributed by atoms with van der Waals surface area (Å²) < 4.78 is 37.2. The van der Waals surface area contributed by atoms with Crippen LogP contribution < -0.4 is 0 Å². The van der Waals surface area contributed by atoms with Gasteiger partial charge in [0.2, 0.25) is 16.4 Å². The molecular weight excluding hydrogens is 308 g/mol. The highest BCUT2D eigenvalue weighted by Gasteiger charge is 2.35. The zero-order chi connectivity index (χ0) is 16.6. The van der Waals surface area contributed by atoms with Crippen molar-refractivity contribution in [3.05, 3.63) is 35.9 Å². The molecule has 1 saturated heterocycles. The van der Waals surface area contributed by atoms with E-state index >= 15 is 0 Å². The Balaban J connectivity index is 0.000000346. The standard InChI is InChI=1S/C13H17N2O.CH4O4S/c1-15(7-9-16-10-8-15)13(11-14)12-5-3-2-4-6-12;1-5-6(2,3)4/h2-6,13H,7-10H2,1H3;1H3,(H,2,3,4)/q+1;/p-1. The molecule has 2 rings (SSSR count). The molecular formula is C14H20N2O5S. The van der Waals surface area contributed by atoms with Crippen molar-refractivity contribution in [2.24, 2.45) is 0 Å². The number of morpholine rings is 1. The van der Waals surface area contributed by atoms with E-state index in [-0.39, 0.29) is 6.04 Å². The Hall–Kier alpha value is -1.50. The summed E-state index contributed by atoms with van der Waals surface area (Å²) in [6, 6.07) is 12.4. The van der Waals surface area contributed by atoms with Crippen LogP contribution >= 0.6 is 0 Å². The van der Waals surface area contributed by atoms with Crippen LogP contribution in [0.25, 0.3) is 0 Å². The van der Waals surface area contributed by atoms with E-state index in [1.165, 1.54) is 0 Å². The zero-order valence-electron chi connectivity index (χ0n) is 12.6. The number of nitriles is 1. The molecule has 1 unspecified atom stereocenters. The van der Waals surface area contributed by atoms with E-state index in [0.717, 1.165) is 43.5 Å². The molecule has 0 aromatic heterocycles. The van der Waals surface area contributed by atoms with E-state index in [1.54, 1.807) is 0 Å². The third kappa shape index (κ3) is 5.71. The van der Waals surface area contributed by atoms with Gasteiger partial charge >= 0.3 is 0 Å². The van der Waals surface area contributed by atoms with Crippen molar-refractivity contribution in [1.82, 2.24) is 0 Å². The highest BCUT2D eigenvalue weighted by Crippen LogP contribution is 2.27. The number of rotatable bonds is 3. The molecule has 7 nitrogen and oxygen atoms in total. The lowest BCUT2D eigenvalue weighted by atomic mass is 10.0. The molecule has 1 aromatic carbocycles. The summed E-state index contributed by atoms with van der Waals surface area (Å²) in [7, 11) is -1.46. The van der Waals surface area contributed by atoms with Crippen molar-refractivity contribution >= 4 is 10.4 Å². The molecule has 0 aliphatic carbocycles. The van der Waals surface area contributed by atoms with Crippen LogP contribution in [0.15, 0.2) is 30.3 Å². The summed E-state index contributed by atoms with van der Waals surface area (Å²) in [5, 5.41) is 9.39. The van der Waals surface area contributed by atoms with Gasteiger partial charge in [0.25, 0.3) is 0 Å². The largest absolute Gasteiger partial charge is 0.726 e. The van der Waals surface area contributed by atoms with Crippen LogP contribution in [0.4, 0.5) is 0 Å². The second-order valence-electron chi connectivity index (χ2n) is 5.06. The maximum Gasteiger partial charge on any atom is 0.217 e. The van der Waals surface area contributed by atoms with Gasteiger partial charge in [-0.15, -0.1) is 0 Å². The van der Waals surface area contributed by atoms with Crippen molar-refractivity contribution in [2.75, 3.05) is 40.5 Å². The number of hydrogen-bond donors (Lipinski definition) is 0. The summed E-state index contributed by atoms with van der Waals surface area (Å²) in [6.07, 6.45) is 0. The normalized spacial score (nSPS) is 18.5. The van der Waals surface area contributed by atoms with E-state index in [0.29, 0.717) is 0 Å². The number of nitrogens with zero attached hydrogens (tertiary/aromatic N) is 2. The number of likely N-dealkylation sites (N-methyl/N-ethyl adjacent to an activating group) is 1. The smallest absolute Gasteiger partial charge is 0.217 e. The van der Waals surface area contributed by atoms with Crippen molar-refractivity contribution in [3.8, 4) is 6.07 Å². The second kappa shape index (κ2) is 8.22. The molecule has 0 saturated carbocycles. The first-order valence-electron chi connectivity index (χ1n) is 6.70. The van der Waals surface area contributed by atoms with Crippen LogP contribution in [-0.2, 0) is 19.3 Å². The molecule has 1 aromatic rings. The summed E-state index contributed by atoms with van der Waals surface area (Å²) in [6.45, 7) is 3.32.